The zero-order valence-electron chi connectivity index (χ0n) is 17.5. The third-order valence-corrected chi connectivity index (χ3v) is 4.28. The number of aliphatic hydroxyl groups is 1. The first-order valence-corrected chi connectivity index (χ1v) is 10.1. The van der Waals surface area contributed by atoms with Crippen LogP contribution >= 0.6 is 24.0 Å². The second kappa shape index (κ2) is 16.6. The Balaban J connectivity index is 0.00000729. The molecule has 0 aliphatic rings. The van der Waals surface area contributed by atoms with Crippen molar-refractivity contribution >= 4 is 35.8 Å². The third-order valence-electron chi connectivity index (χ3n) is 4.28. The maximum atomic E-state index is 12.1. The van der Waals surface area contributed by atoms with Crippen molar-refractivity contribution in [2.24, 2.45) is 10.9 Å². The number of aliphatic imine (C=N–C) groups is 1. The summed E-state index contributed by atoms with van der Waals surface area (Å²) in [5.74, 6) is 1.16. The molecule has 1 atom stereocenters. The van der Waals surface area contributed by atoms with E-state index in [1.807, 2.05) is 38.1 Å². The van der Waals surface area contributed by atoms with Gasteiger partial charge in [-0.05, 0) is 49.8 Å². The highest BCUT2D eigenvalue weighted by Crippen LogP contribution is 2.10. The minimum atomic E-state index is -0.0425. The molecule has 0 saturated carbocycles. The first kappa shape index (κ1) is 26.6. The number of aliphatic hydroxyl groups excluding tert-OH is 1. The van der Waals surface area contributed by atoms with E-state index in [-0.39, 0.29) is 36.5 Å². The molecular weight excluding hydrogens is 467 g/mol. The molecule has 0 fully saturated rings. The molecule has 4 N–H and O–H groups in total. The second-order valence-electron chi connectivity index (χ2n) is 6.70. The van der Waals surface area contributed by atoms with Crippen molar-refractivity contribution in [3.8, 4) is 0 Å². The summed E-state index contributed by atoms with van der Waals surface area (Å²) in [4.78, 5) is 16.7. The molecule has 1 amide bonds. The van der Waals surface area contributed by atoms with E-state index in [0.29, 0.717) is 24.6 Å². The molecule has 1 unspecified atom stereocenters. The zero-order chi connectivity index (χ0) is 19.9. The molecule has 0 aliphatic carbocycles. The Morgan fingerprint density at radius 2 is 1.89 bits per heavy atom. The molecule has 0 radical (unpaired) electrons. The number of hydrogen-bond acceptors (Lipinski definition) is 3. The van der Waals surface area contributed by atoms with Crippen LogP contribution in [0.3, 0.4) is 0 Å². The summed E-state index contributed by atoms with van der Waals surface area (Å²) in [5, 5.41) is 18.7. The fourth-order valence-corrected chi connectivity index (χ4v) is 2.84. The van der Waals surface area contributed by atoms with Crippen LogP contribution in [0.2, 0.25) is 0 Å². The summed E-state index contributed by atoms with van der Waals surface area (Å²) in [6.45, 7) is 9.20. The number of carbonyl (C=O) groups excluding carboxylic acids is 1. The summed E-state index contributed by atoms with van der Waals surface area (Å²) in [5.41, 5.74) is 1.66. The lowest BCUT2D eigenvalue weighted by Crippen LogP contribution is -2.40. The van der Waals surface area contributed by atoms with Gasteiger partial charge in [-0.2, -0.15) is 0 Å². The van der Waals surface area contributed by atoms with Crippen LogP contribution in [-0.4, -0.2) is 43.2 Å². The van der Waals surface area contributed by atoms with E-state index in [0.717, 1.165) is 50.3 Å². The van der Waals surface area contributed by atoms with Crippen molar-refractivity contribution < 1.29 is 9.90 Å². The highest BCUT2D eigenvalue weighted by Gasteiger charge is 2.09. The maximum Gasteiger partial charge on any atom is 0.251 e. The smallest absolute Gasteiger partial charge is 0.251 e. The summed E-state index contributed by atoms with van der Waals surface area (Å²) >= 11 is 0. The predicted molar refractivity (Wildman–Crippen MR) is 127 cm³/mol. The molecule has 1 aromatic carbocycles. The van der Waals surface area contributed by atoms with Crippen LogP contribution in [0.15, 0.2) is 29.3 Å². The van der Waals surface area contributed by atoms with E-state index in [1.165, 1.54) is 0 Å². The van der Waals surface area contributed by atoms with Gasteiger partial charge in [0.1, 0.15) is 0 Å². The number of rotatable bonds is 12. The normalized spacial score (nSPS) is 12.1. The second-order valence-corrected chi connectivity index (χ2v) is 6.70. The van der Waals surface area contributed by atoms with Gasteiger partial charge in [0.25, 0.3) is 5.91 Å². The van der Waals surface area contributed by atoms with Crippen LogP contribution < -0.4 is 16.0 Å². The van der Waals surface area contributed by atoms with Crippen LogP contribution in [0.25, 0.3) is 0 Å². The van der Waals surface area contributed by atoms with Crippen LogP contribution in [-0.2, 0) is 6.54 Å². The van der Waals surface area contributed by atoms with Gasteiger partial charge in [0.2, 0.25) is 0 Å². The van der Waals surface area contributed by atoms with Gasteiger partial charge in [-0.15, -0.1) is 24.0 Å². The Kier molecular flexibility index (Phi) is 15.8. The van der Waals surface area contributed by atoms with Crippen molar-refractivity contribution in [3.05, 3.63) is 35.4 Å². The van der Waals surface area contributed by atoms with E-state index < -0.39 is 0 Å². The molecule has 6 nitrogen and oxygen atoms in total. The third kappa shape index (κ3) is 10.8. The summed E-state index contributed by atoms with van der Waals surface area (Å²) < 4.78 is 0. The fraction of sp³-hybridized carbons (Fsp3) is 0.619. The van der Waals surface area contributed by atoms with Gasteiger partial charge < -0.3 is 21.1 Å². The molecule has 0 spiro atoms. The molecule has 0 aliphatic heterocycles. The van der Waals surface area contributed by atoms with Gasteiger partial charge in [0.05, 0.1) is 6.54 Å². The quantitative estimate of drug-likeness (QED) is 0.200. The van der Waals surface area contributed by atoms with E-state index >= 15 is 0 Å². The molecule has 0 bridgehead atoms. The molecule has 0 heterocycles. The summed E-state index contributed by atoms with van der Waals surface area (Å²) in [6, 6.07) is 7.59. The monoisotopic (exact) mass is 504 g/mol. The standard InChI is InChI=1S/C21H36N4O2.HI/c1-4-8-17(11-13-26)15-24-21(22-6-3)25-16-18-9-7-10-19(14-18)20(27)23-12-5-2;/h7,9-10,14,17,26H,4-6,8,11-13,15-16H2,1-3H3,(H,23,27)(H2,22,24,25);1H. The largest absolute Gasteiger partial charge is 0.396 e. The van der Waals surface area contributed by atoms with Crippen molar-refractivity contribution in [1.29, 1.82) is 0 Å². The molecule has 7 heteroatoms. The molecule has 0 aromatic heterocycles. The summed E-state index contributed by atoms with van der Waals surface area (Å²) in [6.07, 6.45) is 3.91. The van der Waals surface area contributed by atoms with Gasteiger partial charge in [0.15, 0.2) is 5.96 Å². The minimum absolute atomic E-state index is 0. The topological polar surface area (TPSA) is 85.8 Å². The number of benzene rings is 1. The first-order chi connectivity index (χ1) is 13.1. The Hall–Kier alpha value is -1.35. The van der Waals surface area contributed by atoms with Gasteiger partial charge in [-0.3, -0.25) is 4.79 Å². The number of hydrogen-bond donors (Lipinski definition) is 4. The number of nitrogens with one attached hydrogen (secondary N) is 3. The lowest BCUT2D eigenvalue weighted by Gasteiger charge is -2.18. The average molecular weight is 504 g/mol. The van der Waals surface area contributed by atoms with Crippen molar-refractivity contribution in [3.63, 3.8) is 0 Å². The zero-order valence-corrected chi connectivity index (χ0v) is 19.8. The van der Waals surface area contributed by atoms with Gasteiger partial charge in [-0.1, -0.05) is 32.4 Å². The highest BCUT2D eigenvalue weighted by molar-refractivity contribution is 14.0. The van der Waals surface area contributed by atoms with Crippen molar-refractivity contribution in [2.45, 2.75) is 53.0 Å². The van der Waals surface area contributed by atoms with Gasteiger partial charge in [0, 0.05) is 31.8 Å². The molecule has 28 heavy (non-hydrogen) atoms. The van der Waals surface area contributed by atoms with Gasteiger partial charge in [-0.25, -0.2) is 4.99 Å². The molecule has 160 valence electrons. The SMILES string of the molecule is CCCNC(=O)c1cccc(CN=C(NCC)NCC(CCC)CCO)c1.I. The Morgan fingerprint density at radius 3 is 2.54 bits per heavy atom. The average Bonchev–Trinajstić information content (AvgIpc) is 2.68. The van der Waals surface area contributed by atoms with Crippen LogP contribution in [0.1, 0.15) is 62.4 Å². The Labute approximate surface area is 187 Å². The number of halogens is 1. The van der Waals surface area contributed by atoms with Crippen molar-refractivity contribution in [1.82, 2.24) is 16.0 Å². The van der Waals surface area contributed by atoms with E-state index in [9.17, 15) is 9.90 Å². The number of guanidine groups is 1. The molecule has 0 saturated heterocycles. The fourth-order valence-electron chi connectivity index (χ4n) is 2.84. The van der Waals surface area contributed by atoms with E-state index in [4.69, 9.17) is 0 Å². The number of carbonyl (C=O) groups is 1. The van der Waals surface area contributed by atoms with Gasteiger partial charge >= 0.3 is 0 Å². The Bertz CT molecular complexity index is 575. The number of amides is 1. The maximum absolute atomic E-state index is 12.1. The molecular formula is C21H37IN4O2. The van der Waals surface area contributed by atoms with Crippen molar-refractivity contribution in [2.75, 3.05) is 26.2 Å². The molecule has 1 aromatic rings. The minimum Gasteiger partial charge on any atom is -0.396 e. The van der Waals surface area contributed by atoms with Crippen LogP contribution in [0.5, 0.6) is 0 Å². The van der Waals surface area contributed by atoms with Crippen LogP contribution in [0.4, 0.5) is 0 Å². The lowest BCUT2D eigenvalue weighted by molar-refractivity contribution is 0.0953. The highest BCUT2D eigenvalue weighted by atomic mass is 127. The first-order valence-electron chi connectivity index (χ1n) is 10.1. The predicted octanol–water partition coefficient (Wildman–Crippen LogP) is 3.30. The molecule has 1 rings (SSSR count). The lowest BCUT2D eigenvalue weighted by atomic mass is 10.0. The summed E-state index contributed by atoms with van der Waals surface area (Å²) in [7, 11) is 0. The van der Waals surface area contributed by atoms with E-state index in [2.05, 4.69) is 27.9 Å². The van der Waals surface area contributed by atoms with E-state index in [1.54, 1.807) is 0 Å². The Morgan fingerprint density at radius 1 is 1.11 bits per heavy atom. The number of nitrogens with zero attached hydrogens (tertiary/aromatic N) is 1. The van der Waals surface area contributed by atoms with Crippen LogP contribution in [0, 0.1) is 5.92 Å².